The van der Waals surface area contributed by atoms with Gasteiger partial charge in [-0.3, -0.25) is 0 Å². The number of nitrogens with one attached hydrogen (secondary N) is 1. The molecule has 1 aromatic rings. The molecule has 0 aromatic heterocycles. The molecule has 4 heteroatoms. The Kier molecular flexibility index (Phi) is 3.73. The fourth-order valence-electron chi connectivity index (χ4n) is 1.18. The van der Waals surface area contributed by atoms with Crippen molar-refractivity contribution < 1.29 is 5.11 Å². The highest BCUT2D eigenvalue weighted by Gasteiger charge is 2.13. The van der Waals surface area contributed by atoms with Crippen molar-refractivity contribution in [2.45, 2.75) is 19.1 Å². The quantitative estimate of drug-likeness (QED) is 0.717. The molecule has 0 aliphatic carbocycles. The Morgan fingerprint density at radius 1 is 1.36 bits per heavy atom. The Labute approximate surface area is 82.9 Å². The highest BCUT2D eigenvalue weighted by molar-refractivity contribution is 5.39. The minimum absolute atomic E-state index is 0.0231. The number of aliphatic hydroxyl groups excluding tert-OH is 1. The Balaban J connectivity index is 2.80. The topological polar surface area (TPSA) is 61.7 Å². The lowest BCUT2D eigenvalue weighted by Crippen LogP contribution is -2.28. The van der Waals surface area contributed by atoms with Gasteiger partial charge in [-0.25, -0.2) is 0 Å². The van der Waals surface area contributed by atoms with Crippen LogP contribution in [0, 0.1) is 4.91 Å². The van der Waals surface area contributed by atoms with Gasteiger partial charge in [0.15, 0.2) is 0 Å². The van der Waals surface area contributed by atoms with Crippen LogP contribution in [0.25, 0.3) is 0 Å². The molecule has 0 aliphatic rings. The first-order valence-electron chi connectivity index (χ1n) is 4.47. The Bertz CT molecular complexity index is 297. The summed E-state index contributed by atoms with van der Waals surface area (Å²) in [6, 6.07) is 6.57. The van der Waals surface area contributed by atoms with Crippen molar-refractivity contribution in [3.05, 3.63) is 34.7 Å². The number of benzene rings is 1. The minimum Gasteiger partial charge on any atom is -0.387 e. The molecule has 0 amide bonds. The first kappa shape index (κ1) is 10.8. The predicted octanol–water partition coefficient (Wildman–Crippen LogP) is 1.73. The molecule has 0 saturated heterocycles. The molecule has 0 heterocycles. The lowest BCUT2D eigenvalue weighted by molar-refractivity contribution is 0.140. The van der Waals surface area contributed by atoms with E-state index in [9.17, 15) is 10.0 Å². The smallest absolute Gasteiger partial charge is 0.108 e. The molecule has 0 bridgehead atoms. The summed E-state index contributed by atoms with van der Waals surface area (Å²) in [5.74, 6) is 0. The van der Waals surface area contributed by atoms with E-state index < -0.39 is 6.10 Å². The van der Waals surface area contributed by atoms with Crippen molar-refractivity contribution in [3.63, 3.8) is 0 Å². The highest BCUT2D eigenvalue weighted by atomic mass is 16.3. The third kappa shape index (κ3) is 2.37. The molecule has 2 atom stereocenters. The largest absolute Gasteiger partial charge is 0.387 e. The monoisotopic (exact) mass is 194 g/mol. The zero-order valence-corrected chi connectivity index (χ0v) is 8.27. The number of hydrogen-bond acceptors (Lipinski definition) is 4. The maximum atomic E-state index is 10.2. The Morgan fingerprint density at radius 3 is 2.36 bits per heavy atom. The third-order valence-electron chi connectivity index (χ3n) is 2.27. The molecule has 0 saturated carbocycles. The van der Waals surface area contributed by atoms with Crippen molar-refractivity contribution in [1.82, 2.24) is 5.32 Å². The van der Waals surface area contributed by atoms with Gasteiger partial charge in [0.25, 0.3) is 0 Å². The van der Waals surface area contributed by atoms with Crippen molar-refractivity contribution >= 4 is 5.69 Å². The van der Waals surface area contributed by atoms with Crippen LogP contribution in [0.1, 0.15) is 18.6 Å². The van der Waals surface area contributed by atoms with Crippen LogP contribution in [-0.2, 0) is 0 Å². The molecule has 0 spiro atoms. The van der Waals surface area contributed by atoms with E-state index in [1.54, 1.807) is 31.3 Å². The summed E-state index contributed by atoms with van der Waals surface area (Å²) >= 11 is 0. The van der Waals surface area contributed by atoms with Crippen molar-refractivity contribution in [2.24, 2.45) is 5.18 Å². The third-order valence-corrected chi connectivity index (χ3v) is 2.27. The second kappa shape index (κ2) is 4.83. The van der Waals surface area contributed by atoms with Crippen LogP contribution in [-0.4, -0.2) is 18.2 Å². The second-order valence-corrected chi connectivity index (χ2v) is 3.21. The highest BCUT2D eigenvalue weighted by Crippen LogP contribution is 2.20. The van der Waals surface area contributed by atoms with Gasteiger partial charge in [0.05, 0.1) is 6.10 Å². The molecule has 1 rings (SSSR count). The van der Waals surface area contributed by atoms with Crippen LogP contribution < -0.4 is 5.32 Å². The van der Waals surface area contributed by atoms with Crippen LogP contribution in [0.15, 0.2) is 29.4 Å². The Hall–Kier alpha value is -1.26. The van der Waals surface area contributed by atoms with Gasteiger partial charge in [0, 0.05) is 6.04 Å². The number of nitrogens with zero attached hydrogens (tertiary/aromatic N) is 1. The molecular weight excluding hydrogens is 180 g/mol. The number of rotatable bonds is 4. The standard InChI is InChI=1S/C10H14N2O2/c1-7(11-2)10(13)8-3-5-9(12-14)6-4-8/h3-7,10-11,13H,1-2H3. The van der Waals surface area contributed by atoms with Crippen LogP contribution >= 0.6 is 0 Å². The first-order valence-corrected chi connectivity index (χ1v) is 4.47. The van der Waals surface area contributed by atoms with Crippen LogP contribution in [0.4, 0.5) is 5.69 Å². The lowest BCUT2D eigenvalue weighted by Gasteiger charge is -2.18. The SMILES string of the molecule is CNC(C)C(O)c1ccc(N=O)cc1. The van der Waals surface area contributed by atoms with E-state index in [0.29, 0.717) is 5.69 Å². The van der Waals surface area contributed by atoms with E-state index in [1.165, 1.54) is 0 Å². The maximum absolute atomic E-state index is 10.2. The van der Waals surface area contributed by atoms with Gasteiger partial charge < -0.3 is 10.4 Å². The van der Waals surface area contributed by atoms with E-state index in [0.717, 1.165) is 5.56 Å². The minimum atomic E-state index is -0.569. The molecule has 2 N–H and O–H groups in total. The summed E-state index contributed by atoms with van der Waals surface area (Å²) < 4.78 is 0. The summed E-state index contributed by atoms with van der Waals surface area (Å²) in [4.78, 5) is 10.2. The molecule has 0 radical (unpaired) electrons. The molecule has 0 fully saturated rings. The fraction of sp³-hybridized carbons (Fsp3) is 0.400. The van der Waals surface area contributed by atoms with Crippen LogP contribution in [0.2, 0.25) is 0 Å². The average molecular weight is 194 g/mol. The van der Waals surface area contributed by atoms with E-state index in [1.807, 2.05) is 6.92 Å². The molecule has 0 aliphatic heterocycles. The summed E-state index contributed by atoms with van der Waals surface area (Å²) in [5, 5.41) is 15.5. The first-order chi connectivity index (χ1) is 6.69. The van der Waals surface area contributed by atoms with Gasteiger partial charge in [-0.05, 0) is 36.8 Å². The van der Waals surface area contributed by atoms with E-state index in [-0.39, 0.29) is 6.04 Å². The van der Waals surface area contributed by atoms with Gasteiger partial charge in [0.1, 0.15) is 5.69 Å². The molecule has 76 valence electrons. The number of hydrogen-bond donors (Lipinski definition) is 2. The van der Waals surface area contributed by atoms with Crippen molar-refractivity contribution in [2.75, 3.05) is 7.05 Å². The van der Waals surface area contributed by atoms with Crippen LogP contribution in [0.5, 0.6) is 0 Å². The van der Waals surface area contributed by atoms with Gasteiger partial charge in [0.2, 0.25) is 0 Å². The normalized spacial score (nSPS) is 14.8. The predicted molar refractivity (Wildman–Crippen MR) is 55.4 cm³/mol. The molecular formula is C10H14N2O2. The van der Waals surface area contributed by atoms with Gasteiger partial charge in [-0.1, -0.05) is 12.1 Å². The number of likely N-dealkylation sites (N-methyl/N-ethyl adjacent to an activating group) is 1. The molecule has 4 nitrogen and oxygen atoms in total. The van der Waals surface area contributed by atoms with E-state index in [4.69, 9.17) is 0 Å². The zero-order chi connectivity index (χ0) is 10.6. The van der Waals surface area contributed by atoms with E-state index in [2.05, 4.69) is 10.5 Å². The molecule has 14 heavy (non-hydrogen) atoms. The Morgan fingerprint density at radius 2 is 1.93 bits per heavy atom. The summed E-state index contributed by atoms with van der Waals surface area (Å²) in [6.07, 6.45) is -0.569. The summed E-state index contributed by atoms with van der Waals surface area (Å²) in [5.41, 5.74) is 1.15. The summed E-state index contributed by atoms with van der Waals surface area (Å²) in [7, 11) is 1.79. The number of aliphatic hydroxyl groups is 1. The lowest BCUT2D eigenvalue weighted by atomic mass is 10.0. The number of nitroso groups, excluding NO2 is 1. The van der Waals surface area contributed by atoms with Gasteiger partial charge in [-0.15, -0.1) is 4.91 Å². The van der Waals surface area contributed by atoms with E-state index >= 15 is 0 Å². The average Bonchev–Trinajstić information content (AvgIpc) is 2.27. The molecule has 2 unspecified atom stereocenters. The van der Waals surface area contributed by atoms with Gasteiger partial charge >= 0.3 is 0 Å². The molecule has 1 aromatic carbocycles. The van der Waals surface area contributed by atoms with Gasteiger partial charge in [-0.2, -0.15) is 0 Å². The van der Waals surface area contributed by atoms with Crippen molar-refractivity contribution in [3.8, 4) is 0 Å². The zero-order valence-electron chi connectivity index (χ0n) is 8.27. The fourth-order valence-corrected chi connectivity index (χ4v) is 1.18. The summed E-state index contributed by atoms with van der Waals surface area (Å²) in [6.45, 7) is 1.89. The second-order valence-electron chi connectivity index (χ2n) is 3.21. The van der Waals surface area contributed by atoms with Crippen molar-refractivity contribution in [1.29, 1.82) is 0 Å². The maximum Gasteiger partial charge on any atom is 0.108 e. The van der Waals surface area contributed by atoms with Crippen LogP contribution in [0.3, 0.4) is 0 Å².